The van der Waals surface area contributed by atoms with Crippen molar-refractivity contribution in [3.63, 3.8) is 0 Å². The second kappa shape index (κ2) is 33.8. The van der Waals surface area contributed by atoms with Gasteiger partial charge in [0.25, 0.3) is 0 Å². The van der Waals surface area contributed by atoms with Gasteiger partial charge in [0.15, 0.2) is 0 Å². The molecule has 24 heteroatoms. The number of azide groups is 1. The van der Waals surface area contributed by atoms with Gasteiger partial charge in [-0.1, -0.05) is 89.9 Å². The monoisotopic (exact) mass is 1050 g/mol. The number of halogens is 2. The fourth-order valence-electron chi connectivity index (χ4n) is 7.41. The molecule has 0 aliphatic rings. The number of amides is 7. The first-order valence-electron chi connectivity index (χ1n) is 24.1. The minimum Gasteiger partial charge on any atom is -0.481 e. The van der Waals surface area contributed by atoms with E-state index in [0.717, 1.165) is 11.1 Å². The number of hydrogen-bond donors (Lipinski definition) is 9. The summed E-state index contributed by atoms with van der Waals surface area (Å²) in [5.74, 6) is -7.18. The number of benzene rings is 3. The third-order valence-corrected chi connectivity index (χ3v) is 11.7. The van der Waals surface area contributed by atoms with E-state index in [9.17, 15) is 57.8 Å². The maximum Gasteiger partial charge on any atom is 0.326 e. The van der Waals surface area contributed by atoms with Crippen molar-refractivity contribution in [1.29, 1.82) is 0 Å². The standard InChI is InChI=1S/C50H64ClFN10O12/c51-36-20-19-35(29-37(36)52)32-62(28-11-9-17-38(48(70)71)59-50(74)60-39(49(72)73)21-24-45(66)67)44(65)18-8-3-10-25-54-42(63)22-23-43(64)57-41(31-34-15-6-2-7-16-34)47(69)58-40(30-33-13-4-1-5-14-33)46(68)55-26-12-27-56-61-53/h1-2,4-7,13-16,19-20,29,38-41H,3,8-12,17-18,21-28,30-32H2,(H,54,63)(H,55,68)(H,57,64)(H,58,69)(H,66,67)(H,70,71)(H,72,73)(H2,59,60,74)/t38-,39-,40-,41-/m0/s1. The van der Waals surface area contributed by atoms with Crippen LogP contribution in [0.25, 0.3) is 10.4 Å². The van der Waals surface area contributed by atoms with Gasteiger partial charge in [0.05, 0.1) is 5.02 Å². The lowest BCUT2D eigenvalue weighted by Gasteiger charge is -2.24. The van der Waals surface area contributed by atoms with Crippen LogP contribution in [-0.4, -0.2) is 124 Å². The SMILES string of the molecule is [N-]=[N+]=NCCCNC(=O)[C@H](Cc1ccccc1)NC(=O)[C@H](Cc1ccccc1)NC(=O)CCC(=O)NCCCCCC(=O)N(CCCC[C@H](NC(=O)N[C@@H](CCC(=O)O)C(=O)O)C(=O)O)Cc1ccc(Cl)c(F)c1. The quantitative estimate of drug-likeness (QED) is 0.0166. The summed E-state index contributed by atoms with van der Waals surface area (Å²) in [6, 6.07) is 15.9. The molecule has 22 nitrogen and oxygen atoms in total. The van der Waals surface area contributed by atoms with Gasteiger partial charge in [0.2, 0.25) is 29.5 Å². The molecule has 0 bridgehead atoms. The van der Waals surface area contributed by atoms with Gasteiger partial charge in [-0.2, -0.15) is 0 Å². The number of unbranched alkanes of at least 4 members (excludes halogenated alkanes) is 3. The minimum absolute atomic E-state index is 0.0122. The van der Waals surface area contributed by atoms with E-state index < -0.39 is 90.4 Å². The average Bonchev–Trinajstić information content (AvgIpc) is 3.36. The van der Waals surface area contributed by atoms with Crippen molar-refractivity contribution in [1.82, 2.24) is 36.8 Å². The van der Waals surface area contributed by atoms with Crippen LogP contribution < -0.4 is 31.9 Å². The van der Waals surface area contributed by atoms with Gasteiger partial charge in [-0.05, 0) is 79.3 Å². The number of aliphatic carboxylic acids is 3. The molecule has 0 aromatic heterocycles. The second-order valence-electron chi connectivity index (χ2n) is 17.2. The highest BCUT2D eigenvalue weighted by atomic mass is 35.5. The third kappa shape index (κ3) is 24.6. The molecule has 0 saturated heterocycles. The Labute approximate surface area is 432 Å². The van der Waals surface area contributed by atoms with Crippen LogP contribution in [0, 0.1) is 5.82 Å². The van der Waals surface area contributed by atoms with Gasteiger partial charge >= 0.3 is 23.9 Å². The minimum atomic E-state index is -1.57. The first kappa shape index (κ1) is 60.5. The number of rotatable bonds is 35. The van der Waals surface area contributed by atoms with E-state index in [1.807, 2.05) is 18.2 Å². The van der Waals surface area contributed by atoms with E-state index in [0.29, 0.717) is 31.2 Å². The molecule has 4 atom stereocenters. The van der Waals surface area contributed by atoms with E-state index in [4.69, 9.17) is 22.2 Å². The van der Waals surface area contributed by atoms with E-state index in [1.54, 1.807) is 48.5 Å². The van der Waals surface area contributed by atoms with Crippen LogP contribution in [0.1, 0.15) is 93.7 Å². The number of carboxylic acid groups (broad SMARTS) is 3. The number of carbonyl (C=O) groups is 9. The van der Waals surface area contributed by atoms with Gasteiger partial charge in [0.1, 0.15) is 30.0 Å². The van der Waals surface area contributed by atoms with E-state index in [-0.39, 0.29) is 95.0 Å². The fourth-order valence-corrected chi connectivity index (χ4v) is 7.53. The Morgan fingerprint density at radius 3 is 1.80 bits per heavy atom. The Morgan fingerprint density at radius 2 is 1.20 bits per heavy atom. The zero-order valence-electron chi connectivity index (χ0n) is 40.8. The number of urea groups is 1. The van der Waals surface area contributed by atoms with Crippen molar-refractivity contribution in [2.75, 3.05) is 26.2 Å². The molecule has 9 N–H and O–H groups in total. The van der Waals surface area contributed by atoms with Gasteiger partial charge in [-0.25, -0.2) is 18.8 Å². The molecule has 0 saturated carbocycles. The van der Waals surface area contributed by atoms with Crippen LogP contribution >= 0.6 is 11.6 Å². The predicted molar refractivity (Wildman–Crippen MR) is 269 cm³/mol. The molecule has 0 heterocycles. The van der Waals surface area contributed by atoms with Crippen molar-refractivity contribution in [2.24, 2.45) is 5.11 Å². The molecule has 3 aromatic rings. The normalized spacial score (nSPS) is 12.3. The van der Waals surface area contributed by atoms with E-state index in [2.05, 4.69) is 41.9 Å². The number of hydrogen-bond acceptors (Lipinski definition) is 10. The second-order valence-corrected chi connectivity index (χ2v) is 17.6. The molecule has 0 fully saturated rings. The van der Waals surface area contributed by atoms with Crippen molar-refractivity contribution in [3.05, 3.63) is 117 Å². The van der Waals surface area contributed by atoms with Gasteiger partial charge in [0, 0.05) is 76.2 Å². The summed E-state index contributed by atoms with van der Waals surface area (Å²) in [4.78, 5) is 117. The molecule has 0 unspecified atom stereocenters. The molecule has 3 aromatic carbocycles. The molecule has 0 aliphatic heterocycles. The van der Waals surface area contributed by atoms with E-state index in [1.165, 1.54) is 17.0 Å². The van der Waals surface area contributed by atoms with Crippen molar-refractivity contribution >= 4 is 65.1 Å². The maximum atomic E-state index is 14.3. The highest BCUT2D eigenvalue weighted by molar-refractivity contribution is 6.30. The lowest BCUT2D eigenvalue weighted by Crippen LogP contribution is -2.55. The molecule has 0 aliphatic carbocycles. The third-order valence-electron chi connectivity index (χ3n) is 11.4. The number of carboxylic acids is 3. The number of nitrogens with one attached hydrogen (secondary N) is 6. The Balaban J connectivity index is 1.50. The van der Waals surface area contributed by atoms with Crippen molar-refractivity contribution in [2.45, 2.75) is 121 Å². The fraction of sp³-hybridized carbons (Fsp3) is 0.460. The van der Waals surface area contributed by atoms with Crippen LogP contribution in [0.15, 0.2) is 84.0 Å². The topological polar surface area (TPSA) is 338 Å². The van der Waals surface area contributed by atoms with Crippen LogP contribution in [0.3, 0.4) is 0 Å². The Kier molecular flexibility index (Phi) is 27.6. The molecule has 400 valence electrons. The molecule has 3 rings (SSSR count). The molecule has 7 amide bonds. The summed E-state index contributed by atoms with van der Waals surface area (Å²) in [5.41, 5.74) is 10.5. The summed E-state index contributed by atoms with van der Waals surface area (Å²) in [6.45, 7) is 0.774. The maximum absolute atomic E-state index is 14.3. The van der Waals surface area contributed by atoms with Gasteiger partial charge < -0.3 is 52.1 Å². The summed E-state index contributed by atoms with van der Waals surface area (Å²) < 4.78 is 14.3. The summed E-state index contributed by atoms with van der Waals surface area (Å²) in [6.07, 6.45) is 1.15. The molecule has 0 spiro atoms. The van der Waals surface area contributed by atoms with Crippen molar-refractivity contribution in [3.8, 4) is 0 Å². The lowest BCUT2D eigenvalue weighted by atomic mass is 10.0. The largest absolute Gasteiger partial charge is 0.481 e. The van der Waals surface area contributed by atoms with E-state index >= 15 is 0 Å². The molecule has 0 radical (unpaired) electrons. The Morgan fingerprint density at radius 1 is 0.608 bits per heavy atom. The smallest absolute Gasteiger partial charge is 0.326 e. The van der Waals surface area contributed by atoms with Crippen molar-refractivity contribution < 1.29 is 62.9 Å². The first-order valence-corrected chi connectivity index (χ1v) is 24.5. The van der Waals surface area contributed by atoms with Crippen LogP contribution in [0.5, 0.6) is 0 Å². The first-order chi connectivity index (χ1) is 35.4. The summed E-state index contributed by atoms with van der Waals surface area (Å²) in [5, 5.41) is 46.5. The summed E-state index contributed by atoms with van der Waals surface area (Å²) in [7, 11) is 0. The number of carbonyl (C=O) groups excluding carboxylic acids is 6. The zero-order chi connectivity index (χ0) is 54.3. The van der Waals surface area contributed by atoms with Crippen LogP contribution in [-0.2, 0) is 57.7 Å². The predicted octanol–water partition coefficient (Wildman–Crippen LogP) is 4.78. The zero-order valence-corrected chi connectivity index (χ0v) is 41.6. The van der Waals surface area contributed by atoms with Gasteiger partial charge in [-0.15, -0.1) is 0 Å². The average molecular weight is 1050 g/mol. The molecular formula is C50H64ClFN10O12. The number of nitrogens with zero attached hydrogens (tertiary/aromatic N) is 4. The molecular weight excluding hydrogens is 987 g/mol. The van der Waals surface area contributed by atoms with Gasteiger partial charge in [-0.3, -0.25) is 28.8 Å². The lowest BCUT2D eigenvalue weighted by molar-refractivity contribution is -0.141. The highest BCUT2D eigenvalue weighted by Crippen LogP contribution is 2.19. The Bertz CT molecular complexity index is 2400. The van der Waals surface area contributed by atoms with Crippen LogP contribution in [0.2, 0.25) is 5.02 Å². The summed E-state index contributed by atoms with van der Waals surface area (Å²) >= 11 is 5.85. The van der Waals surface area contributed by atoms with Crippen LogP contribution in [0.4, 0.5) is 9.18 Å². The highest BCUT2D eigenvalue weighted by Gasteiger charge is 2.28. The Hall–Kier alpha value is -7.78. The molecule has 74 heavy (non-hydrogen) atoms.